The summed E-state index contributed by atoms with van der Waals surface area (Å²) in [6.45, 7) is 0. The number of aromatic nitrogens is 2. The highest BCUT2D eigenvalue weighted by Gasteiger charge is 2.05. The second kappa shape index (κ2) is 3.55. The lowest BCUT2D eigenvalue weighted by Gasteiger charge is -2.13. The zero-order valence-corrected chi connectivity index (χ0v) is 7.63. The van der Waals surface area contributed by atoms with Gasteiger partial charge in [0.1, 0.15) is 17.2 Å². The van der Waals surface area contributed by atoms with Gasteiger partial charge in [-0.2, -0.15) is 0 Å². The molecule has 0 aliphatic rings. The van der Waals surface area contributed by atoms with E-state index in [2.05, 4.69) is 15.4 Å². The largest absolute Gasteiger partial charge is 0.382 e. The van der Waals surface area contributed by atoms with Crippen LogP contribution in [-0.4, -0.2) is 29.1 Å². The van der Waals surface area contributed by atoms with Crippen molar-refractivity contribution >= 4 is 23.2 Å². The maximum absolute atomic E-state index is 5.80. The molecule has 5 nitrogen and oxygen atoms in total. The van der Waals surface area contributed by atoms with Crippen LogP contribution in [0.5, 0.6) is 0 Å². The Hall–Kier alpha value is -1.07. The summed E-state index contributed by atoms with van der Waals surface area (Å²) in [5, 5.41) is 2.06. The molecule has 0 aromatic carbocycles. The zero-order valence-electron chi connectivity index (χ0n) is 6.87. The second-order valence-corrected chi connectivity index (χ2v) is 2.81. The molecular formula is C6H10ClN5. The van der Waals surface area contributed by atoms with Crippen LogP contribution in [-0.2, 0) is 0 Å². The van der Waals surface area contributed by atoms with Gasteiger partial charge in [-0.1, -0.05) is 11.6 Å². The highest BCUT2D eigenvalue weighted by Crippen LogP contribution is 2.22. The normalized spacial score (nSPS) is 10.3. The first-order valence-corrected chi connectivity index (χ1v) is 3.69. The molecule has 0 radical (unpaired) electrons. The Labute approximate surface area is 75.5 Å². The number of hydrogen-bond acceptors (Lipinski definition) is 5. The Balaban J connectivity index is 2.92. The van der Waals surface area contributed by atoms with Crippen LogP contribution >= 0.6 is 11.6 Å². The van der Waals surface area contributed by atoms with Crippen molar-refractivity contribution in [3.8, 4) is 0 Å². The van der Waals surface area contributed by atoms with E-state index in [1.807, 2.05) is 14.1 Å². The Bertz CT molecular complexity index is 275. The van der Waals surface area contributed by atoms with Crippen LogP contribution in [0.4, 0.5) is 11.6 Å². The maximum Gasteiger partial charge on any atom is 0.164 e. The van der Waals surface area contributed by atoms with E-state index >= 15 is 0 Å². The Morgan fingerprint density at radius 3 is 2.75 bits per heavy atom. The molecule has 0 saturated carbocycles. The molecule has 0 aliphatic heterocycles. The van der Waals surface area contributed by atoms with Gasteiger partial charge in [-0.25, -0.2) is 15.0 Å². The monoisotopic (exact) mass is 187 g/mol. The van der Waals surface area contributed by atoms with Crippen molar-refractivity contribution < 1.29 is 0 Å². The van der Waals surface area contributed by atoms with Gasteiger partial charge in [0.2, 0.25) is 0 Å². The molecule has 1 rings (SSSR count). The molecule has 0 amide bonds. The minimum Gasteiger partial charge on any atom is -0.382 e. The summed E-state index contributed by atoms with van der Waals surface area (Å²) in [6, 6.07) is 0. The Kier molecular flexibility index (Phi) is 2.67. The first-order chi connectivity index (χ1) is 5.61. The molecule has 0 saturated heterocycles. The highest BCUT2D eigenvalue weighted by atomic mass is 35.5. The van der Waals surface area contributed by atoms with Gasteiger partial charge in [0.15, 0.2) is 5.82 Å². The lowest BCUT2D eigenvalue weighted by atomic mass is 10.5. The minimum atomic E-state index is 0.274. The van der Waals surface area contributed by atoms with Crippen LogP contribution in [0.1, 0.15) is 0 Å². The van der Waals surface area contributed by atoms with Gasteiger partial charge >= 0.3 is 0 Å². The van der Waals surface area contributed by atoms with Crippen molar-refractivity contribution in [3.05, 3.63) is 11.3 Å². The fourth-order valence-corrected chi connectivity index (χ4v) is 0.813. The van der Waals surface area contributed by atoms with Gasteiger partial charge in [-0.15, -0.1) is 0 Å². The minimum absolute atomic E-state index is 0.274. The maximum atomic E-state index is 5.80. The predicted molar refractivity (Wildman–Crippen MR) is 48.8 cm³/mol. The number of rotatable bonds is 2. The molecule has 12 heavy (non-hydrogen) atoms. The van der Waals surface area contributed by atoms with E-state index in [4.69, 9.17) is 17.3 Å². The molecule has 0 bridgehead atoms. The van der Waals surface area contributed by atoms with E-state index in [9.17, 15) is 0 Å². The van der Waals surface area contributed by atoms with Gasteiger partial charge < -0.3 is 11.2 Å². The molecule has 0 aliphatic carbocycles. The van der Waals surface area contributed by atoms with Crippen LogP contribution in [0, 0.1) is 0 Å². The lowest BCUT2D eigenvalue weighted by Crippen LogP contribution is -2.20. The molecule has 0 unspecified atom stereocenters. The number of nitrogens with two attached hydrogens (primary N) is 1. The number of nitrogens with one attached hydrogen (secondary N) is 1. The van der Waals surface area contributed by atoms with Crippen LogP contribution in [0.15, 0.2) is 6.33 Å². The molecular weight excluding hydrogens is 178 g/mol. The highest BCUT2D eigenvalue weighted by molar-refractivity contribution is 6.35. The summed E-state index contributed by atoms with van der Waals surface area (Å²) in [4.78, 5) is 7.63. The molecule has 1 heterocycles. The van der Waals surface area contributed by atoms with E-state index in [1.54, 1.807) is 5.01 Å². The van der Waals surface area contributed by atoms with Crippen molar-refractivity contribution in [2.75, 3.05) is 25.3 Å². The van der Waals surface area contributed by atoms with Crippen molar-refractivity contribution in [2.24, 2.45) is 0 Å². The number of halogens is 1. The van der Waals surface area contributed by atoms with E-state index in [0.717, 1.165) is 0 Å². The molecule has 6 heteroatoms. The molecule has 66 valence electrons. The van der Waals surface area contributed by atoms with Crippen molar-refractivity contribution in [1.29, 1.82) is 0 Å². The number of nitrogens with zero attached hydrogens (tertiary/aromatic N) is 3. The molecule has 0 spiro atoms. The third kappa shape index (κ3) is 1.96. The number of anilines is 2. The number of hydrazine groups is 1. The fourth-order valence-electron chi connectivity index (χ4n) is 0.673. The molecule has 1 aromatic heterocycles. The average Bonchev–Trinajstić information content (AvgIpc) is 1.98. The van der Waals surface area contributed by atoms with Crippen LogP contribution in [0.25, 0.3) is 0 Å². The summed E-state index contributed by atoms with van der Waals surface area (Å²) >= 11 is 5.80. The second-order valence-electron chi connectivity index (χ2n) is 2.43. The van der Waals surface area contributed by atoms with Crippen molar-refractivity contribution in [1.82, 2.24) is 15.0 Å². The smallest absolute Gasteiger partial charge is 0.164 e. The Morgan fingerprint density at radius 2 is 2.17 bits per heavy atom. The van der Waals surface area contributed by atoms with Gasteiger partial charge in [-0.3, -0.25) is 0 Å². The van der Waals surface area contributed by atoms with Crippen molar-refractivity contribution in [2.45, 2.75) is 0 Å². The fraction of sp³-hybridized carbons (Fsp3) is 0.333. The van der Waals surface area contributed by atoms with E-state index in [-0.39, 0.29) is 5.82 Å². The summed E-state index contributed by atoms with van der Waals surface area (Å²) in [5.41, 5.74) is 8.34. The third-order valence-electron chi connectivity index (χ3n) is 1.15. The number of hydrogen-bond donors (Lipinski definition) is 2. The summed E-state index contributed by atoms with van der Waals surface area (Å²) in [5.74, 6) is 0.783. The van der Waals surface area contributed by atoms with Gasteiger partial charge in [-0.05, 0) is 0 Å². The van der Waals surface area contributed by atoms with Crippen LogP contribution in [0.2, 0.25) is 5.02 Å². The molecule has 0 atom stereocenters. The predicted octanol–water partition coefficient (Wildman–Crippen LogP) is 0.601. The Morgan fingerprint density at radius 1 is 1.50 bits per heavy atom. The molecule has 0 fully saturated rings. The lowest BCUT2D eigenvalue weighted by molar-refractivity contribution is 0.492. The SMILES string of the molecule is CN(C)Nc1ncnc(N)c1Cl. The van der Waals surface area contributed by atoms with Crippen LogP contribution in [0.3, 0.4) is 0 Å². The first-order valence-electron chi connectivity index (χ1n) is 3.31. The molecule has 1 aromatic rings. The summed E-state index contributed by atoms with van der Waals surface area (Å²) in [6.07, 6.45) is 1.35. The van der Waals surface area contributed by atoms with Gasteiger partial charge in [0.25, 0.3) is 0 Å². The average molecular weight is 188 g/mol. The van der Waals surface area contributed by atoms with E-state index < -0.39 is 0 Å². The summed E-state index contributed by atoms with van der Waals surface area (Å²) in [7, 11) is 3.66. The standard InChI is InChI=1S/C6H10ClN5/c1-12(2)11-6-4(7)5(8)9-3-10-6/h3H,1-2H3,(H3,8,9,10,11). The summed E-state index contributed by atoms with van der Waals surface area (Å²) < 4.78 is 0. The first kappa shape index (κ1) is 9.02. The third-order valence-corrected chi connectivity index (χ3v) is 1.52. The van der Waals surface area contributed by atoms with E-state index in [0.29, 0.717) is 10.8 Å². The number of nitrogen functional groups attached to an aromatic ring is 1. The molecule has 3 N–H and O–H groups in total. The van der Waals surface area contributed by atoms with E-state index in [1.165, 1.54) is 6.33 Å². The van der Waals surface area contributed by atoms with Crippen LogP contribution < -0.4 is 11.2 Å². The topological polar surface area (TPSA) is 67.1 Å². The quantitative estimate of drug-likeness (QED) is 0.664. The van der Waals surface area contributed by atoms with Gasteiger partial charge in [0.05, 0.1) is 0 Å². The zero-order chi connectivity index (χ0) is 9.14. The van der Waals surface area contributed by atoms with Gasteiger partial charge in [0, 0.05) is 14.1 Å². The van der Waals surface area contributed by atoms with Crippen molar-refractivity contribution in [3.63, 3.8) is 0 Å².